The highest BCUT2D eigenvalue weighted by Gasteiger charge is 2.23. The van der Waals surface area contributed by atoms with Crippen molar-refractivity contribution in [1.29, 1.82) is 0 Å². The first-order valence-corrected chi connectivity index (χ1v) is 12.7. The molecule has 1 unspecified atom stereocenters. The fourth-order valence-corrected chi connectivity index (χ4v) is 5.61. The number of hydrogen-bond acceptors (Lipinski definition) is 6. The summed E-state index contributed by atoms with van der Waals surface area (Å²) in [4.78, 5) is 18.5. The molecule has 4 heterocycles. The van der Waals surface area contributed by atoms with Crippen LogP contribution in [0.5, 0.6) is 11.5 Å². The van der Waals surface area contributed by atoms with Gasteiger partial charge in [0, 0.05) is 61.0 Å². The van der Waals surface area contributed by atoms with Crippen LogP contribution in [0.3, 0.4) is 0 Å². The van der Waals surface area contributed by atoms with Crippen LogP contribution in [0.1, 0.15) is 54.7 Å². The Bertz CT molecular complexity index is 1290. The summed E-state index contributed by atoms with van der Waals surface area (Å²) in [7, 11) is 4.06. The van der Waals surface area contributed by atoms with Crippen molar-refractivity contribution >= 4 is 10.9 Å². The molecular formula is C27H37N5O3. The van der Waals surface area contributed by atoms with Crippen molar-refractivity contribution in [1.82, 2.24) is 24.1 Å². The average Bonchev–Trinajstić information content (AvgIpc) is 3.40. The second kappa shape index (κ2) is 9.66. The van der Waals surface area contributed by atoms with Crippen molar-refractivity contribution in [3.63, 3.8) is 0 Å². The Kier molecular flexibility index (Phi) is 6.59. The number of ether oxygens (including phenoxy) is 2. The van der Waals surface area contributed by atoms with Gasteiger partial charge < -0.3 is 18.9 Å². The van der Waals surface area contributed by atoms with Gasteiger partial charge in [-0.05, 0) is 65.9 Å². The fraction of sp³-hybridized carbons (Fsp3) is 0.556. The van der Waals surface area contributed by atoms with Crippen LogP contribution in [0, 0.1) is 13.8 Å². The number of rotatable bonds is 7. The summed E-state index contributed by atoms with van der Waals surface area (Å²) in [5.74, 6) is 1.46. The molecule has 188 valence electrons. The van der Waals surface area contributed by atoms with Gasteiger partial charge in [-0.3, -0.25) is 14.4 Å². The zero-order chi connectivity index (χ0) is 24.7. The van der Waals surface area contributed by atoms with Gasteiger partial charge in [0.2, 0.25) is 6.79 Å². The summed E-state index contributed by atoms with van der Waals surface area (Å²) in [6, 6.07) is 6.14. The van der Waals surface area contributed by atoms with Gasteiger partial charge in [0.25, 0.3) is 5.56 Å². The molecule has 0 radical (unpaired) electrons. The highest BCUT2D eigenvalue weighted by atomic mass is 16.7. The van der Waals surface area contributed by atoms with Gasteiger partial charge in [-0.15, -0.1) is 0 Å². The predicted octanol–water partition coefficient (Wildman–Crippen LogP) is 3.76. The molecule has 0 N–H and O–H groups in total. The number of likely N-dealkylation sites (tertiary alicyclic amines) is 1. The van der Waals surface area contributed by atoms with Gasteiger partial charge in [0.05, 0.1) is 11.2 Å². The van der Waals surface area contributed by atoms with Gasteiger partial charge in [-0.2, -0.15) is 5.10 Å². The molecule has 2 aliphatic rings. The van der Waals surface area contributed by atoms with Gasteiger partial charge in [-0.1, -0.05) is 6.42 Å². The number of aromatic nitrogens is 3. The van der Waals surface area contributed by atoms with Gasteiger partial charge in [-0.25, -0.2) is 0 Å². The molecule has 0 aliphatic carbocycles. The van der Waals surface area contributed by atoms with E-state index >= 15 is 0 Å². The lowest BCUT2D eigenvalue weighted by molar-refractivity contribution is 0.174. The number of nitrogens with zero attached hydrogens (tertiary/aromatic N) is 5. The Hall–Kier alpha value is -2.84. The molecule has 0 bridgehead atoms. The zero-order valence-electron chi connectivity index (χ0n) is 21.6. The molecule has 35 heavy (non-hydrogen) atoms. The number of pyridine rings is 1. The van der Waals surface area contributed by atoms with E-state index in [1.165, 1.54) is 24.8 Å². The maximum atomic E-state index is 13.8. The summed E-state index contributed by atoms with van der Waals surface area (Å²) in [6.07, 6.45) is 3.78. The Labute approximate surface area is 207 Å². The van der Waals surface area contributed by atoms with Crippen LogP contribution in [-0.2, 0) is 20.1 Å². The van der Waals surface area contributed by atoms with Crippen LogP contribution in [0.15, 0.2) is 23.0 Å². The van der Waals surface area contributed by atoms with E-state index < -0.39 is 0 Å². The lowest BCUT2D eigenvalue weighted by atomic mass is 10.0. The van der Waals surface area contributed by atoms with E-state index in [0.717, 1.165) is 53.2 Å². The topological polar surface area (TPSA) is 64.8 Å². The molecule has 1 saturated heterocycles. The van der Waals surface area contributed by atoms with E-state index in [-0.39, 0.29) is 18.4 Å². The van der Waals surface area contributed by atoms with Crippen molar-refractivity contribution in [2.75, 3.05) is 33.5 Å². The zero-order valence-corrected chi connectivity index (χ0v) is 21.6. The van der Waals surface area contributed by atoms with E-state index in [2.05, 4.69) is 42.7 Å². The molecule has 8 heteroatoms. The molecule has 1 atom stereocenters. The molecule has 5 rings (SSSR count). The Morgan fingerprint density at radius 2 is 1.77 bits per heavy atom. The Morgan fingerprint density at radius 1 is 1.06 bits per heavy atom. The van der Waals surface area contributed by atoms with E-state index in [9.17, 15) is 4.79 Å². The highest BCUT2D eigenvalue weighted by Crippen LogP contribution is 2.36. The lowest BCUT2D eigenvalue weighted by Gasteiger charge is -2.28. The van der Waals surface area contributed by atoms with Crippen LogP contribution in [0.2, 0.25) is 0 Å². The van der Waals surface area contributed by atoms with E-state index in [4.69, 9.17) is 9.47 Å². The number of fused-ring (bicyclic) bond motifs is 2. The molecule has 3 aromatic rings. The van der Waals surface area contributed by atoms with Crippen LogP contribution >= 0.6 is 0 Å². The van der Waals surface area contributed by atoms with Crippen molar-refractivity contribution in [2.45, 2.75) is 59.2 Å². The van der Waals surface area contributed by atoms with E-state index in [1.807, 2.05) is 34.5 Å². The van der Waals surface area contributed by atoms with Crippen LogP contribution in [0.4, 0.5) is 0 Å². The maximum absolute atomic E-state index is 13.8. The summed E-state index contributed by atoms with van der Waals surface area (Å²) >= 11 is 0. The van der Waals surface area contributed by atoms with Gasteiger partial charge in [0.15, 0.2) is 11.5 Å². The fourth-order valence-electron chi connectivity index (χ4n) is 5.61. The first-order chi connectivity index (χ1) is 16.8. The van der Waals surface area contributed by atoms with Crippen molar-refractivity contribution in [2.24, 2.45) is 7.05 Å². The summed E-state index contributed by atoms with van der Waals surface area (Å²) in [5, 5.41) is 5.60. The van der Waals surface area contributed by atoms with Crippen molar-refractivity contribution in [3.8, 4) is 11.5 Å². The minimum Gasteiger partial charge on any atom is -0.454 e. The number of hydrogen-bond donors (Lipinski definition) is 0. The third-order valence-electron chi connectivity index (χ3n) is 7.81. The predicted molar refractivity (Wildman–Crippen MR) is 137 cm³/mol. The van der Waals surface area contributed by atoms with Crippen LogP contribution < -0.4 is 15.0 Å². The summed E-state index contributed by atoms with van der Waals surface area (Å²) < 4.78 is 15.1. The molecule has 0 saturated carbocycles. The highest BCUT2D eigenvalue weighted by molar-refractivity contribution is 5.84. The molecule has 1 aromatic carbocycles. The molecule has 2 aromatic heterocycles. The first kappa shape index (κ1) is 23.9. The Morgan fingerprint density at radius 3 is 2.46 bits per heavy atom. The standard InChI is InChI=1S/C27H37N5O3/c1-18-26(20(3)30(5)28-18)19(2)29(4)16-22-13-21-14-24-25(35-17-34-24)15-23(21)32(27(22)33)12-11-31-9-7-6-8-10-31/h13-15,19H,6-12,16-17H2,1-5H3. The van der Waals surface area contributed by atoms with Crippen molar-refractivity contribution in [3.05, 3.63) is 51.1 Å². The first-order valence-electron chi connectivity index (χ1n) is 12.7. The SMILES string of the molecule is Cc1nn(C)c(C)c1C(C)N(C)Cc1cc2cc3c(cc2n(CCN2CCCCC2)c1=O)OCO3. The van der Waals surface area contributed by atoms with Gasteiger partial charge >= 0.3 is 0 Å². The summed E-state index contributed by atoms with van der Waals surface area (Å²) in [6.45, 7) is 10.9. The number of benzene rings is 1. The van der Waals surface area contributed by atoms with Gasteiger partial charge in [0.1, 0.15) is 0 Å². The third-order valence-corrected chi connectivity index (χ3v) is 7.81. The molecule has 0 amide bonds. The molecule has 8 nitrogen and oxygen atoms in total. The minimum atomic E-state index is 0.0760. The normalized spacial score (nSPS) is 17.0. The molecule has 1 fully saturated rings. The third kappa shape index (κ3) is 4.57. The van der Waals surface area contributed by atoms with Crippen LogP contribution in [0.25, 0.3) is 10.9 Å². The number of piperidine rings is 1. The van der Waals surface area contributed by atoms with Crippen molar-refractivity contribution < 1.29 is 9.47 Å². The number of aryl methyl sites for hydroxylation is 2. The molecule has 0 spiro atoms. The second-order valence-corrected chi connectivity index (χ2v) is 10.1. The smallest absolute Gasteiger partial charge is 0.255 e. The maximum Gasteiger partial charge on any atom is 0.255 e. The lowest BCUT2D eigenvalue weighted by Crippen LogP contribution is -2.36. The quantitative estimate of drug-likeness (QED) is 0.514. The average molecular weight is 480 g/mol. The molecular weight excluding hydrogens is 442 g/mol. The van der Waals surface area contributed by atoms with E-state index in [1.54, 1.807) is 0 Å². The van der Waals surface area contributed by atoms with E-state index in [0.29, 0.717) is 18.8 Å². The second-order valence-electron chi connectivity index (χ2n) is 10.1. The monoisotopic (exact) mass is 479 g/mol. The largest absolute Gasteiger partial charge is 0.454 e. The molecule has 2 aliphatic heterocycles. The summed E-state index contributed by atoms with van der Waals surface area (Å²) in [5.41, 5.74) is 5.20. The Balaban J connectivity index is 1.49. The van der Waals surface area contributed by atoms with Crippen LogP contribution in [-0.4, -0.2) is 57.6 Å². The minimum absolute atomic E-state index is 0.0760.